The predicted octanol–water partition coefficient (Wildman–Crippen LogP) is 3.32. The lowest BCUT2D eigenvalue weighted by molar-refractivity contribution is 0.0987. The van der Waals surface area contributed by atoms with Crippen LogP contribution in [-0.2, 0) is 0 Å². The summed E-state index contributed by atoms with van der Waals surface area (Å²) in [5.74, 6) is 0.286. The molecule has 0 unspecified atom stereocenters. The molecule has 0 N–H and O–H groups in total. The maximum Gasteiger partial charge on any atom is 0.278 e. The van der Waals surface area contributed by atoms with E-state index in [1.165, 1.54) is 4.90 Å². The fourth-order valence-corrected chi connectivity index (χ4v) is 2.57. The Kier molecular flexibility index (Phi) is 4.61. The Hall–Kier alpha value is -2.67. The molecule has 6 nitrogen and oxygen atoms in total. The van der Waals surface area contributed by atoms with Gasteiger partial charge in [0.15, 0.2) is 5.69 Å². The van der Waals surface area contributed by atoms with Crippen molar-refractivity contribution in [2.45, 2.75) is 0 Å². The summed E-state index contributed by atoms with van der Waals surface area (Å²) in [6.45, 7) is 0. The summed E-state index contributed by atoms with van der Waals surface area (Å²) in [7, 11) is 3.23. The smallest absolute Gasteiger partial charge is 0.278 e. The number of hydrogen-bond acceptors (Lipinski definition) is 4. The highest BCUT2D eigenvalue weighted by atomic mass is 79.9. The van der Waals surface area contributed by atoms with Crippen molar-refractivity contribution in [2.75, 3.05) is 19.1 Å². The van der Waals surface area contributed by atoms with E-state index in [2.05, 4.69) is 26.0 Å². The van der Waals surface area contributed by atoms with Gasteiger partial charge in [-0.3, -0.25) is 4.79 Å². The Morgan fingerprint density at radius 2 is 2.08 bits per heavy atom. The first kappa shape index (κ1) is 16.2. The van der Waals surface area contributed by atoms with Gasteiger partial charge in [-0.15, -0.1) is 0 Å². The molecule has 0 atom stereocenters. The van der Waals surface area contributed by atoms with E-state index in [9.17, 15) is 4.79 Å². The summed E-state index contributed by atoms with van der Waals surface area (Å²) >= 11 is 3.43. The third-order valence-electron chi connectivity index (χ3n) is 3.50. The number of carbonyl (C=O) groups excluding carboxylic acids is 1. The minimum atomic E-state index is -0.212. The van der Waals surface area contributed by atoms with Crippen LogP contribution in [0.15, 0.2) is 59.3 Å². The normalized spacial score (nSPS) is 10.5. The van der Waals surface area contributed by atoms with Gasteiger partial charge in [-0.25, -0.2) is 9.67 Å². The summed E-state index contributed by atoms with van der Waals surface area (Å²) in [5.41, 5.74) is 1.89. The van der Waals surface area contributed by atoms with E-state index in [0.29, 0.717) is 17.3 Å². The van der Waals surface area contributed by atoms with Crippen molar-refractivity contribution >= 4 is 27.5 Å². The first-order valence-electron chi connectivity index (χ1n) is 7.18. The summed E-state index contributed by atoms with van der Waals surface area (Å²) in [4.78, 5) is 18.2. The van der Waals surface area contributed by atoms with Gasteiger partial charge in [0.1, 0.15) is 0 Å². The van der Waals surface area contributed by atoms with Crippen molar-refractivity contribution in [1.29, 1.82) is 0 Å². The van der Waals surface area contributed by atoms with Crippen LogP contribution < -0.4 is 9.64 Å². The van der Waals surface area contributed by atoms with E-state index in [4.69, 9.17) is 4.74 Å². The molecule has 7 heteroatoms. The Labute approximate surface area is 147 Å². The Bertz CT molecular complexity index is 861. The van der Waals surface area contributed by atoms with Crippen LogP contribution in [0.5, 0.6) is 5.88 Å². The molecule has 0 aliphatic heterocycles. The Balaban J connectivity index is 1.82. The SMILES string of the molecule is COc1ccc(N(C)C(=O)c2ccn(-c3cccc(Br)c3)n2)cn1. The zero-order valence-electron chi connectivity index (χ0n) is 13.2. The number of amides is 1. The number of nitrogens with zero attached hydrogens (tertiary/aromatic N) is 4. The van der Waals surface area contributed by atoms with Crippen LogP contribution in [0.1, 0.15) is 10.5 Å². The van der Waals surface area contributed by atoms with Gasteiger partial charge in [0, 0.05) is 23.8 Å². The van der Waals surface area contributed by atoms with Crippen molar-refractivity contribution in [1.82, 2.24) is 14.8 Å². The minimum absolute atomic E-state index is 0.212. The molecular formula is C17H15BrN4O2. The first-order chi connectivity index (χ1) is 11.6. The van der Waals surface area contributed by atoms with Crippen LogP contribution in [0.25, 0.3) is 5.69 Å². The van der Waals surface area contributed by atoms with Gasteiger partial charge >= 0.3 is 0 Å². The molecule has 3 aromatic rings. The monoisotopic (exact) mass is 386 g/mol. The van der Waals surface area contributed by atoms with Crippen molar-refractivity contribution in [3.8, 4) is 11.6 Å². The fourth-order valence-electron chi connectivity index (χ4n) is 2.18. The van der Waals surface area contributed by atoms with Crippen LogP contribution in [0.3, 0.4) is 0 Å². The first-order valence-corrected chi connectivity index (χ1v) is 7.97. The lowest BCUT2D eigenvalue weighted by atomic mass is 10.3. The molecule has 122 valence electrons. The van der Waals surface area contributed by atoms with E-state index in [1.807, 2.05) is 24.3 Å². The number of anilines is 1. The number of carbonyl (C=O) groups is 1. The van der Waals surface area contributed by atoms with Crippen LogP contribution >= 0.6 is 15.9 Å². The highest BCUT2D eigenvalue weighted by Crippen LogP contribution is 2.18. The highest BCUT2D eigenvalue weighted by Gasteiger charge is 2.17. The number of benzene rings is 1. The van der Waals surface area contributed by atoms with Crippen LogP contribution in [0.4, 0.5) is 5.69 Å². The van der Waals surface area contributed by atoms with Gasteiger partial charge in [-0.1, -0.05) is 22.0 Å². The third-order valence-corrected chi connectivity index (χ3v) is 4.00. The van der Waals surface area contributed by atoms with Gasteiger partial charge in [-0.05, 0) is 30.3 Å². The highest BCUT2D eigenvalue weighted by molar-refractivity contribution is 9.10. The number of hydrogen-bond donors (Lipinski definition) is 0. The molecule has 0 saturated carbocycles. The topological polar surface area (TPSA) is 60.2 Å². The number of ether oxygens (including phenoxy) is 1. The number of halogens is 1. The molecule has 0 spiro atoms. The summed E-state index contributed by atoms with van der Waals surface area (Å²) in [5, 5.41) is 4.36. The molecule has 0 aliphatic rings. The number of rotatable bonds is 4. The zero-order chi connectivity index (χ0) is 17.1. The van der Waals surface area contributed by atoms with Crippen molar-refractivity contribution in [3.63, 3.8) is 0 Å². The Morgan fingerprint density at radius 3 is 2.75 bits per heavy atom. The number of pyridine rings is 1. The van der Waals surface area contributed by atoms with Crippen molar-refractivity contribution in [3.05, 3.63) is 65.0 Å². The van der Waals surface area contributed by atoms with Gasteiger partial charge in [0.25, 0.3) is 5.91 Å². The lowest BCUT2D eigenvalue weighted by Gasteiger charge is -2.15. The van der Waals surface area contributed by atoms with Crippen LogP contribution in [0.2, 0.25) is 0 Å². The minimum Gasteiger partial charge on any atom is -0.481 e. The van der Waals surface area contributed by atoms with E-state index in [0.717, 1.165) is 10.2 Å². The molecule has 0 fully saturated rings. The predicted molar refractivity (Wildman–Crippen MR) is 94.8 cm³/mol. The second kappa shape index (κ2) is 6.84. The maximum atomic E-state index is 12.6. The molecule has 1 amide bonds. The van der Waals surface area contributed by atoms with Gasteiger partial charge in [-0.2, -0.15) is 5.10 Å². The standard InChI is InChI=1S/C17H15BrN4O2/c1-21(14-6-7-16(24-2)19-11-14)17(23)15-8-9-22(20-15)13-5-3-4-12(18)10-13/h3-11H,1-2H3. The fraction of sp³-hybridized carbons (Fsp3) is 0.118. The molecule has 0 aliphatic carbocycles. The molecule has 0 radical (unpaired) electrons. The molecule has 2 heterocycles. The van der Waals surface area contributed by atoms with Crippen molar-refractivity contribution < 1.29 is 9.53 Å². The molecule has 0 bridgehead atoms. The van der Waals surface area contributed by atoms with Gasteiger partial charge < -0.3 is 9.64 Å². The Morgan fingerprint density at radius 1 is 1.25 bits per heavy atom. The summed E-state index contributed by atoms with van der Waals surface area (Å²) < 4.78 is 7.64. The second-order valence-electron chi connectivity index (χ2n) is 5.05. The molecule has 24 heavy (non-hydrogen) atoms. The zero-order valence-corrected chi connectivity index (χ0v) is 14.8. The van der Waals surface area contributed by atoms with Gasteiger partial charge in [0.05, 0.1) is 24.7 Å². The van der Waals surface area contributed by atoms with Crippen LogP contribution in [-0.4, -0.2) is 34.8 Å². The third kappa shape index (κ3) is 3.30. The number of methoxy groups -OCH3 is 1. The second-order valence-corrected chi connectivity index (χ2v) is 5.96. The van der Waals surface area contributed by atoms with Crippen LogP contribution in [0, 0.1) is 0 Å². The number of aromatic nitrogens is 3. The largest absolute Gasteiger partial charge is 0.481 e. The molecule has 3 rings (SSSR count). The lowest BCUT2D eigenvalue weighted by Crippen LogP contribution is -2.26. The molecule has 2 aromatic heterocycles. The average Bonchev–Trinajstić information content (AvgIpc) is 3.10. The molecular weight excluding hydrogens is 372 g/mol. The van der Waals surface area contributed by atoms with Crippen molar-refractivity contribution in [2.24, 2.45) is 0 Å². The summed E-state index contributed by atoms with van der Waals surface area (Å²) in [6.07, 6.45) is 3.34. The summed E-state index contributed by atoms with van der Waals surface area (Å²) in [6, 6.07) is 12.9. The molecule has 0 saturated heterocycles. The van der Waals surface area contributed by atoms with E-state index >= 15 is 0 Å². The van der Waals surface area contributed by atoms with E-state index < -0.39 is 0 Å². The maximum absolute atomic E-state index is 12.6. The van der Waals surface area contributed by atoms with E-state index in [-0.39, 0.29) is 5.91 Å². The quantitative estimate of drug-likeness (QED) is 0.689. The van der Waals surface area contributed by atoms with Gasteiger partial charge in [0.2, 0.25) is 5.88 Å². The molecule has 1 aromatic carbocycles. The average molecular weight is 387 g/mol. The van der Waals surface area contributed by atoms with E-state index in [1.54, 1.807) is 49.4 Å².